The molecule has 2 aliphatic heterocycles. The normalized spacial score (nSPS) is 23.3. The molecule has 3 rings (SSSR count). The van der Waals surface area contributed by atoms with Gasteiger partial charge in [-0.05, 0) is 57.6 Å². The van der Waals surface area contributed by atoms with Gasteiger partial charge in [0.1, 0.15) is 11.9 Å². The van der Waals surface area contributed by atoms with Gasteiger partial charge in [0.05, 0.1) is 0 Å². The van der Waals surface area contributed by atoms with Crippen molar-refractivity contribution in [3.8, 4) is 5.75 Å². The molecule has 2 heterocycles. The van der Waals surface area contributed by atoms with E-state index < -0.39 is 0 Å². The zero-order valence-corrected chi connectivity index (χ0v) is 12.0. The summed E-state index contributed by atoms with van der Waals surface area (Å²) < 4.78 is 6.02. The molecule has 0 N–H and O–H groups in total. The molecule has 3 heteroatoms. The molecule has 0 radical (unpaired) electrons. The van der Waals surface area contributed by atoms with Crippen molar-refractivity contribution in [3.63, 3.8) is 0 Å². The van der Waals surface area contributed by atoms with E-state index >= 15 is 0 Å². The lowest BCUT2D eigenvalue weighted by Gasteiger charge is -2.46. The van der Waals surface area contributed by atoms with Crippen molar-refractivity contribution < 1.29 is 4.74 Å². The van der Waals surface area contributed by atoms with E-state index in [1.54, 1.807) is 0 Å². The van der Waals surface area contributed by atoms with Gasteiger partial charge in [-0.2, -0.15) is 0 Å². The third kappa shape index (κ3) is 3.10. The number of hydrogen-bond acceptors (Lipinski definition) is 3. The van der Waals surface area contributed by atoms with Gasteiger partial charge in [-0.3, -0.25) is 4.90 Å². The van der Waals surface area contributed by atoms with E-state index in [1.807, 2.05) is 0 Å². The number of nitrogens with zero attached hydrogens (tertiary/aromatic N) is 2. The van der Waals surface area contributed by atoms with E-state index in [0.29, 0.717) is 6.10 Å². The second-order valence-electron chi connectivity index (χ2n) is 6.04. The summed E-state index contributed by atoms with van der Waals surface area (Å²) in [6, 6.07) is 9.15. The maximum absolute atomic E-state index is 6.02. The first-order valence-electron chi connectivity index (χ1n) is 7.36. The SMILES string of the molecule is Cc1cccc(OC2CN(C3CCN(C)CC3)C2)c1. The molecule has 0 bridgehead atoms. The van der Waals surface area contributed by atoms with Crippen LogP contribution in [-0.2, 0) is 0 Å². The van der Waals surface area contributed by atoms with Crippen LogP contribution in [0.4, 0.5) is 0 Å². The largest absolute Gasteiger partial charge is 0.488 e. The first kappa shape index (κ1) is 12.9. The van der Waals surface area contributed by atoms with Gasteiger partial charge in [0.25, 0.3) is 0 Å². The maximum atomic E-state index is 6.02. The van der Waals surface area contributed by atoms with Crippen molar-refractivity contribution in [1.29, 1.82) is 0 Å². The summed E-state index contributed by atoms with van der Waals surface area (Å²) in [5, 5.41) is 0. The zero-order chi connectivity index (χ0) is 13.2. The van der Waals surface area contributed by atoms with Crippen LogP contribution in [0.3, 0.4) is 0 Å². The minimum Gasteiger partial charge on any atom is -0.488 e. The Morgan fingerprint density at radius 1 is 1.16 bits per heavy atom. The van der Waals surface area contributed by atoms with Crippen LogP contribution in [0.1, 0.15) is 18.4 Å². The highest BCUT2D eigenvalue weighted by atomic mass is 16.5. The van der Waals surface area contributed by atoms with Gasteiger partial charge in [-0.25, -0.2) is 0 Å². The molecule has 2 aliphatic rings. The van der Waals surface area contributed by atoms with Crippen molar-refractivity contribution in [2.24, 2.45) is 0 Å². The summed E-state index contributed by atoms with van der Waals surface area (Å²) in [6.07, 6.45) is 3.02. The summed E-state index contributed by atoms with van der Waals surface area (Å²) in [7, 11) is 2.22. The Balaban J connectivity index is 1.45. The summed E-state index contributed by atoms with van der Waals surface area (Å²) in [4.78, 5) is 5.02. The molecule has 3 nitrogen and oxygen atoms in total. The van der Waals surface area contributed by atoms with Crippen molar-refractivity contribution in [2.45, 2.75) is 31.9 Å². The molecule has 19 heavy (non-hydrogen) atoms. The van der Waals surface area contributed by atoms with Crippen LogP contribution in [0, 0.1) is 6.92 Å². The Morgan fingerprint density at radius 2 is 1.89 bits per heavy atom. The maximum Gasteiger partial charge on any atom is 0.124 e. The molecule has 104 valence electrons. The molecule has 0 aromatic heterocycles. The summed E-state index contributed by atoms with van der Waals surface area (Å²) in [6.45, 7) is 6.79. The van der Waals surface area contributed by atoms with E-state index in [1.165, 1.54) is 31.5 Å². The van der Waals surface area contributed by atoms with Crippen LogP contribution >= 0.6 is 0 Å². The summed E-state index contributed by atoms with van der Waals surface area (Å²) >= 11 is 0. The Hall–Kier alpha value is -1.06. The molecule has 0 atom stereocenters. The molecule has 1 aromatic carbocycles. The minimum atomic E-state index is 0.390. The molecule has 0 unspecified atom stereocenters. The second-order valence-corrected chi connectivity index (χ2v) is 6.04. The van der Waals surface area contributed by atoms with Gasteiger partial charge in [-0.1, -0.05) is 12.1 Å². The van der Waals surface area contributed by atoms with Crippen molar-refractivity contribution >= 4 is 0 Å². The minimum absolute atomic E-state index is 0.390. The lowest BCUT2D eigenvalue weighted by atomic mass is 9.99. The van der Waals surface area contributed by atoms with Gasteiger partial charge in [0.2, 0.25) is 0 Å². The van der Waals surface area contributed by atoms with Crippen LogP contribution in [0.5, 0.6) is 5.75 Å². The molecule has 2 fully saturated rings. The monoisotopic (exact) mass is 260 g/mol. The van der Waals surface area contributed by atoms with Crippen LogP contribution in [0.15, 0.2) is 24.3 Å². The highest BCUT2D eigenvalue weighted by Crippen LogP contribution is 2.24. The van der Waals surface area contributed by atoms with Crippen LogP contribution in [0.2, 0.25) is 0 Å². The average Bonchev–Trinajstić information content (AvgIpc) is 2.35. The standard InChI is InChI=1S/C16H24N2O/c1-13-4-3-5-15(10-13)19-16-11-18(12-16)14-6-8-17(2)9-7-14/h3-5,10,14,16H,6-9,11-12H2,1-2H3. The third-order valence-electron chi connectivity index (χ3n) is 4.37. The highest BCUT2D eigenvalue weighted by Gasteiger charge is 2.34. The molecular weight excluding hydrogens is 236 g/mol. The molecule has 0 amide bonds. The quantitative estimate of drug-likeness (QED) is 0.828. The second kappa shape index (κ2) is 5.51. The molecule has 0 saturated carbocycles. The molecule has 1 aromatic rings. The van der Waals surface area contributed by atoms with Crippen molar-refractivity contribution in [3.05, 3.63) is 29.8 Å². The van der Waals surface area contributed by atoms with Crippen LogP contribution < -0.4 is 4.74 Å². The first-order valence-corrected chi connectivity index (χ1v) is 7.36. The Kier molecular flexibility index (Phi) is 3.76. The predicted octanol–water partition coefficient (Wildman–Crippen LogP) is 2.15. The number of piperidine rings is 1. The average molecular weight is 260 g/mol. The fraction of sp³-hybridized carbons (Fsp3) is 0.625. The predicted molar refractivity (Wildman–Crippen MR) is 77.7 cm³/mol. The van der Waals surface area contributed by atoms with Crippen LogP contribution in [-0.4, -0.2) is 55.2 Å². The first-order chi connectivity index (χ1) is 9.20. The van der Waals surface area contributed by atoms with E-state index in [-0.39, 0.29) is 0 Å². The Bertz CT molecular complexity index is 421. The topological polar surface area (TPSA) is 15.7 Å². The number of aryl methyl sites for hydroxylation is 1. The van der Waals surface area contributed by atoms with Gasteiger partial charge in [0, 0.05) is 19.1 Å². The zero-order valence-electron chi connectivity index (χ0n) is 12.0. The summed E-state index contributed by atoms with van der Waals surface area (Å²) in [5.74, 6) is 1.02. The molecule has 0 aliphatic carbocycles. The van der Waals surface area contributed by atoms with Gasteiger partial charge in [-0.15, -0.1) is 0 Å². The van der Waals surface area contributed by atoms with E-state index in [2.05, 4.69) is 48.0 Å². The molecular formula is C16H24N2O. The number of likely N-dealkylation sites (tertiary alicyclic amines) is 2. The van der Waals surface area contributed by atoms with E-state index in [9.17, 15) is 0 Å². The number of benzene rings is 1. The van der Waals surface area contributed by atoms with Gasteiger partial charge in [0.15, 0.2) is 0 Å². The lowest BCUT2D eigenvalue weighted by Crippen LogP contribution is -2.59. The summed E-state index contributed by atoms with van der Waals surface area (Å²) in [5.41, 5.74) is 1.27. The highest BCUT2D eigenvalue weighted by molar-refractivity contribution is 5.27. The van der Waals surface area contributed by atoms with Crippen LogP contribution in [0.25, 0.3) is 0 Å². The smallest absolute Gasteiger partial charge is 0.124 e. The number of ether oxygens (including phenoxy) is 1. The lowest BCUT2D eigenvalue weighted by molar-refractivity contribution is -0.0246. The Morgan fingerprint density at radius 3 is 2.58 bits per heavy atom. The van der Waals surface area contributed by atoms with Gasteiger partial charge >= 0.3 is 0 Å². The fourth-order valence-corrected chi connectivity index (χ4v) is 3.08. The number of hydrogen-bond donors (Lipinski definition) is 0. The van der Waals surface area contributed by atoms with Crippen molar-refractivity contribution in [2.75, 3.05) is 33.2 Å². The Labute approximate surface area is 116 Å². The van der Waals surface area contributed by atoms with E-state index in [0.717, 1.165) is 24.9 Å². The molecule has 0 spiro atoms. The molecule has 2 saturated heterocycles. The van der Waals surface area contributed by atoms with Crippen molar-refractivity contribution in [1.82, 2.24) is 9.80 Å². The van der Waals surface area contributed by atoms with Gasteiger partial charge < -0.3 is 9.64 Å². The number of rotatable bonds is 3. The van der Waals surface area contributed by atoms with E-state index in [4.69, 9.17) is 4.74 Å². The fourth-order valence-electron chi connectivity index (χ4n) is 3.08. The third-order valence-corrected chi connectivity index (χ3v) is 4.37.